The molecule has 0 atom stereocenters. The van der Waals surface area contributed by atoms with Crippen LogP contribution in [0, 0.1) is 6.92 Å². The van der Waals surface area contributed by atoms with Gasteiger partial charge < -0.3 is 16.0 Å². The number of hydrogen-bond acceptors (Lipinski definition) is 3. The Hall–Kier alpha value is -2.04. The molecule has 110 valence electrons. The summed E-state index contributed by atoms with van der Waals surface area (Å²) >= 11 is 0. The molecule has 0 saturated heterocycles. The van der Waals surface area contributed by atoms with Gasteiger partial charge in [0, 0.05) is 18.8 Å². The molecule has 0 aliphatic carbocycles. The number of rotatable bonds is 7. The Morgan fingerprint density at radius 1 is 1.15 bits per heavy atom. The van der Waals surface area contributed by atoms with Crippen LogP contribution in [-0.2, 0) is 4.79 Å². The van der Waals surface area contributed by atoms with Crippen LogP contribution in [0.4, 0.5) is 5.69 Å². The van der Waals surface area contributed by atoms with Crippen molar-refractivity contribution in [2.75, 3.05) is 25.0 Å². The van der Waals surface area contributed by atoms with Crippen molar-refractivity contribution in [2.45, 2.75) is 27.2 Å². The van der Waals surface area contributed by atoms with E-state index < -0.39 is 0 Å². The van der Waals surface area contributed by atoms with E-state index in [1.165, 1.54) is 0 Å². The molecule has 0 heterocycles. The second kappa shape index (κ2) is 8.19. The van der Waals surface area contributed by atoms with Gasteiger partial charge in [0.25, 0.3) is 5.91 Å². The van der Waals surface area contributed by atoms with Crippen molar-refractivity contribution in [3.8, 4) is 0 Å². The summed E-state index contributed by atoms with van der Waals surface area (Å²) in [6.07, 6.45) is 0.980. The fraction of sp³-hybridized carbons (Fsp3) is 0.467. The molecule has 3 N–H and O–H groups in total. The average molecular weight is 277 g/mol. The number of nitrogens with one attached hydrogen (secondary N) is 3. The second-order valence-electron chi connectivity index (χ2n) is 4.61. The van der Waals surface area contributed by atoms with Gasteiger partial charge in [-0.3, -0.25) is 9.59 Å². The Morgan fingerprint density at radius 3 is 2.55 bits per heavy atom. The average Bonchev–Trinajstić information content (AvgIpc) is 2.43. The van der Waals surface area contributed by atoms with Crippen LogP contribution >= 0.6 is 0 Å². The summed E-state index contributed by atoms with van der Waals surface area (Å²) in [5.41, 5.74) is 2.38. The first-order chi connectivity index (χ1) is 9.58. The molecule has 5 nitrogen and oxygen atoms in total. The molecule has 0 saturated carbocycles. The van der Waals surface area contributed by atoms with E-state index in [9.17, 15) is 9.59 Å². The van der Waals surface area contributed by atoms with Gasteiger partial charge in [-0.25, -0.2) is 0 Å². The van der Waals surface area contributed by atoms with Gasteiger partial charge in [0.05, 0.1) is 12.1 Å². The summed E-state index contributed by atoms with van der Waals surface area (Å²) in [6.45, 7) is 7.20. The maximum absolute atomic E-state index is 12.2. The molecule has 0 aliphatic rings. The van der Waals surface area contributed by atoms with E-state index in [4.69, 9.17) is 0 Å². The van der Waals surface area contributed by atoms with Crippen molar-refractivity contribution in [3.05, 3.63) is 29.3 Å². The first kappa shape index (κ1) is 16.0. The van der Waals surface area contributed by atoms with Crippen LogP contribution < -0.4 is 16.0 Å². The van der Waals surface area contributed by atoms with Crippen molar-refractivity contribution in [1.82, 2.24) is 10.6 Å². The molecule has 0 aromatic heterocycles. The largest absolute Gasteiger partial charge is 0.384 e. The second-order valence-corrected chi connectivity index (χ2v) is 4.61. The fourth-order valence-corrected chi connectivity index (χ4v) is 1.78. The minimum atomic E-state index is -0.237. The van der Waals surface area contributed by atoms with Gasteiger partial charge in [-0.1, -0.05) is 18.6 Å². The molecular formula is C15H23N3O2. The van der Waals surface area contributed by atoms with E-state index in [-0.39, 0.29) is 18.4 Å². The molecule has 0 unspecified atom stereocenters. The fourth-order valence-electron chi connectivity index (χ4n) is 1.78. The first-order valence-electron chi connectivity index (χ1n) is 6.97. The third kappa shape index (κ3) is 4.91. The third-order valence-corrected chi connectivity index (χ3v) is 2.77. The highest BCUT2D eigenvalue weighted by molar-refractivity contribution is 6.01. The van der Waals surface area contributed by atoms with Crippen LogP contribution in [0.1, 0.15) is 36.2 Å². The lowest BCUT2D eigenvalue weighted by Crippen LogP contribution is -2.37. The van der Waals surface area contributed by atoms with Crippen molar-refractivity contribution < 1.29 is 9.59 Å². The number of hydrogen-bond donors (Lipinski definition) is 3. The molecule has 0 aliphatic heterocycles. The summed E-state index contributed by atoms with van der Waals surface area (Å²) in [7, 11) is 0. The summed E-state index contributed by atoms with van der Waals surface area (Å²) in [5, 5.41) is 8.50. The highest BCUT2D eigenvalue weighted by Gasteiger charge is 2.12. The standard InChI is InChI=1S/C15H23N3O2/c1-4-8-17-13-7-6-11(3)9-12(13)15(20)18-10-14(19)16-5-2/h6-7,9,17H,4-5,8,10H2,1-3H3,(H,16,19)(H,18,20). The number of carbonyl (C=O) groups is 2. The lowest BCUT2D eigenvalue weighted by molar-refractivity contribution is -0.120. The van der Waals surface area contributed by atoms with E-state index in [1.54, 1.807) is 0 Å². The zero-order chi connectivity index (χ0) is 15.0. The predicted octanol–water partition coefficient (Wildman–Crippen LogP) is 1.68. The molecule has 1 aromatic carbocycles. The lowest BCUT2D eigenvalue weighted by Gasteiger charge is -2.12. The van der Waals surface area contributed by atoms with Crippen LogP contribution in [0.15, 0.2) is 18.2 Å². The molecule has 0 fully saturated rings. The smallest absolute Gasteiger partial charge is 0.253 e. The molecule has 0 bridgehead atoms. The molecule has 1 rings (SSSR count). The van der Waals surface area contributed by atoms with Gasteiger partial charge in [0.2, 0.25) is 5.91 Å². The topological polar surface area (TPSA) is 70.2 Å². The van der Waals surface area contributed by atoms with E-state index in [2.05, 4.69) is 22.9 Å². The normalized spacial score (nSPS) is 9.95. The first-order valence-corrected chi connectivity index (χ1v) is 6.97. The number of anilines is 1. The Labute approximate surface area is 120 Å². The number of amides is 2. The minimum Gasteiger partial charge on any atom is -0.384 e. The summed E-state index contributed by atoms with van der Waals surface area (Å²) in [5.74, 6) is -0.421. The Morgan fingerprint density at radius 2 is 1.90 bits per heavy atom. The molecule has 0 radical (unpaired) electrons. The maximum atomic E-state index is 12.2. The number of likely N-dealkylation sites (N-methyl/N-ethyl adjacent to an activating group) is 1. The van der Waals surface area contributed by atoms with Gasteiger partial charge >= 0.3 is 0 Å². The van der Waals surface area contributed by atoms with E-state index >= 15 is 0 Å². The quantitative estimate of drug-likeness (QED) is 0.710. The highest BCUT2D eigenvalue weighted by Crippen LogP contribution is 2.17. The molecule has 20 heavy (non-hydrogen) atoms. The predicted molar refractivity (Wildman–Crippen MR) is 81.0 cm³/mol. The molecular weight excluding hydrogens is 254 g/mol. The van der Waals surface area contributed by atoms with E-state index in [0.29, 0.717) is 12.1 Å². The van der Waals surface area contributed by atoms with Crippen LogP contribution in [0.2, 0.25) is 0 Å². The van der Waals surface area contributed by atoms with Gasteiger partial charge in [-0.2, -0.15) is 0 Å². The van der Waals surface area contributed by atoms with Gasteiger partial charge in [0.15, 0.2) is 0 Å². The number of carbonyl (C=O) groups excluding carboxylic acids is 2. The summed E-state index contributed by atoms with van der Waals surface area (Å²) in [4.78, 5) is 23.5. The highest BCUT2D eigenvalue weighted by atomic mass is 16.2. The number of benzene rings is 1. The van der Waals surface area contributed by atoms with Gasteiger partial charge in [-0.15, -0.1) is 0 Å². The minimum absolute atomic E-state index is 0.00612. The Bertz CT molecular complexity index is 472. The van der Waals surface area contributed by atoms with E-state index in [0.717, 1.165) is 24.2 Å². The SMILES string of the molecule is CCCNc1ccc(C)cc1C(=O)NCC(=O)NCC. The van der Waals surface area contributed by atoms with Crippen molar-refractivity contribution in [3.63, 3.8) is 0 Å². The maximum Gasteiger partial charge on any atom is 0.253 e. The lowest BCUT2D eigenvalue weighted by atomic mass is 10.1. The van der Waals surface area contributed by atoms with Gasteiger partial charge in [0.1, 0.15) is 0 Å². The van der Waals surface area contributed by atoms with Crippen LogP contribution in [0.3, 0.4) is 0 Å². The van der Waals surface area contributed by atoms with Gasteiger partial charge in [-0.05, 0) is 32.4 Å². The zero-order valence-electron chi connectivity index (χ0n) is 12.4. The summed E-state index contributed by atoms with van der Waals surface area (Å²) < 4.78 is 0. The Balaban J connectivity index is 2.74. The van der Waals surface area contributed by atoms with Crippen molar-refractivity contribution >= 4 is 17.5 Å². The monoisotopic (exact) mass is 277 g/mol. The molecule has 0 spiro atoms. The van der Waals surface area contributed by atoms with Crippen LogP contribution in [0.5, 0.6) is 0 Å². The van der Waals surface area contributed by atoms with E-state index in [1.807, 2.05) is 32.0 Å². The number of aryl methyl sites for hydroxylation is 1. The van der Waals surface area contributed by atoms with Crippen LogP contribution in [0.25, 0.3) is 0 Å². The zero-order valence-corrected chi connectivity index (χ0v) is 12.4. The van der Waals surface area contributed by atoms with Crippen molar-refractivity contribution in [1.29, 1.82) is 0 Å². The molecule has 5 heteroatoms. The van der Waals surface area contributed by atoms with Crippen LogP contribution in [-0.4, -0.2) is 31.4 Å². The molecule has 2 amide bonds. The third-order valence-electron chi connectivity index (χ3n) is 2.77. The van der Waals surface area contributed by atoms with Crippen molar-refractivity contribution in [2.24, 2.45) is 0 Å². The Kier molecular flexibility index (Phi) is 6.56. The molecule has 1 aromatic rings. The summed E-state index contributed by atoms with van der Waals surface area (Å²) in [6, 6.07) is 5.68.